The number of nitrogens with zero attached hydrogens (tertiary/aromatic N) is 3. The van der Waals surface area contributed by atoms with Gasteiger partial charge in [-0.15, -0.1) is 10.2 Å². The number of hydrazine groups is 2. The third kappa shape index (κ3) is 4.50. The smallest absolute Gasteiger partial charge is 0.238 e. The second-order valence-corrected chi connectivity index (χ2v) is 8.58. The number of rotatable bonds is 6. The summed E-state index contributed by atoms with van der Waals surface area (Å²) in [4.78, 5) is 4.41. The molecule has 0 saturated carbocycles. The van der Waals surface area contributed by atoms with Crippen LogP contribution >= 0.6 is 0 Å². The van der Waals surface area contributed by atoms with E-state index in [4.69, 9.17) is 9.88 Å². The molecular weight excluding hydrogens is 416 g/mol. The van der Waals surface area contributed by atoms with Gasteiger partial charge < -0.3 is 4.74 Å². The van der Waals surface area contributed by atoms with Gasteiger partial charge in [0.2, 0.25) is 10.0 Å². The summed E-state index contributed by atoms with van der Waals surface area (Å²) < 4.78 is 29.8. The Kier molecular flexibility index (Phi) is 5.59. The number of nitrogens with one attached hydrogen (secondary N) is 2. The molecule has 160 valence electrons. The topological polar surface area (TPSA) is 122 Å². The van der Waals surface area contributed by atoms with Crippen LogP contribution in [0.25, 0.3) is 11.3 Å². The summed E-state index contributed by atoms with van der Waals surface area (Å²) in [6, 6.07) is 16.2. The van der Waals surface area contributed by atoms with Gasteiger partial charge in [0.05, 0.1) is 24.2 Å². The molecule has 0 aliphatic carbocycles. The molecule has 0 atom stereocenters. The molecule has 9 nitrogen and oxygen atoms in total. The number of nitrogens with two attached hydrogens (primary N) is 1. The molecule has 2 aromatic carbocycles. The Balaban J connectivity index is 1.67. The summed E-state index contributed by atoms with van der Waals surface area (Å²) in [6.07, 6.45) is 1.72. The second kappa shape index (κ2) is 8.34. The Labute approximate surface area is 180 Å². The van der Waals surface area contributed by atoms with Crippen LogP contribution in [-0.4, -0.2) is 31.5 Å². The Hall–Kier alpha value is -3.47. The fourth-order valence-electron chi connectivity index (χ4n) is 3.24. The van der Waals surface area contributed by atoms with Crippen LogP contribution in [0.2, 0.25) is 0 Å². The molecule has 1 aromatic heterocycles. The van der Waals surface area contributed by atoms with Crippen molar-refractivity contribution in [3.63, 3.8) is 0 Å². The minimum absolute atomic E-state index is 0.0354. The van der Waals surface area contributed by atoms with E-state index in [1.807, 2.05) is 43.3 Å². The molecule has 0 unspecified atom stereocenters. The number of amidine groups is 1. The van der Waals surface area contributed by atoms with Crippen LogP contribution in [0.1, 0.15) is 16.7 Å². The summed E-state index contributed by atoms with van der Waals surface area (Å²) in [6.45, 7) is 2.40. The molecule has 0 amide bonds. The van der Waals surface area contributed by atoms with E-state index in [-0.39, 0.29) is 4.90 Å². The third-order valence-corrected chi connectivity index (χ3v) is 5.73. The zero-order chi connectivity index (χ0) is 22.0. The SMILES string of the molecule is COc1ccc(CN2NN=C(c3c(-c4ccc(C)cn4)cccc3S(N)(=O)=O)N2)cc1. The second-order valence-electron chi connectivity index (χ2n) is 7.05. The van der Waals surface area contributed by atoms with E-state index < -0.39 is 10.0 Å². The molecule has 0 fully saturated rings. The van der Waals surface area contributed by atoms with Crippen LogP contribution in [0.4, 0.5) is 0 Å². The fourth-order valence-corrected chi connectivity index (χ4v) is 4.00. The Bertz CT molecular complexity index is 1220. The Morgan fingerprint density at radius 2 is 1.87 bits per heavy atom. The summed E-state index contributed by atoms with van der Waals surface area (Å²) >= 11 is 0. The minimum Gasteiger partial charge on any atom is -0.497 e. The predicted molar refractivity (Wildman–Crippen MR) is 117 cm³/mol. The van der Waals surface area contributed by atoms with Crippen LogP contribution < -0.4 is 20.8 Å². The van der Waals surface area contributed by atoms with Gasteiger partial charge in [0.25, 0.3) is 0 Å². The lowest BCUT2D eigenvalue weighted by Gasteiger charge is -2.18. The maximum Gasteiger partial charge on any atom is 0.238 e. The molecule has 0 radical (unpaired) electrons. The maximum atomic E-state index is 12.3. The van der Waals surface area contributed by atoms with Gasteiger partial charge in [-0.2, -0.15) is 0 Å². The molecule has 31 heavy (non-hydrogen) atoms. The van der Waals surface area contributed by atoms with Gasteiger partial charge in [-0.3, -0.25) is 10.4 Å². The van der Waals surface area contributed by atoms with Gasteiger partial charge in [-0.05, 0) is 42.3 Å². The number of aryl methyl sites for hydroxylation is 1. The van der Waals surface area contributed by atoms with Crippen LogP contribution in [0.15, 0.2) is 70.8 Å². The van der Waals surface area contributed by atoms with Crippen LogP contribution in [0.5, 0.6) is 5.75 Å². The number of methoxy groups -OCH3 is 1. The average Bonchev–Trinajstić information content (AvgIpc) is 3.22. The maximum absolute atomic E-state index is 12.3. The number of sulfonamides is 1. The van der Waals surface area contributed by atoms with Crippen molar-refractivity contribution in [2.45, 2.75) is 18.4 Å². The molecule has 4 rings (SSSR count). The van der Waals surface area contributed by atoms with Gasteiger partial charge in [-0.25, -0.2) is 19.1 Å². The van der Waals surface area contributed by atoms with Gasteiger partial charge in [0.15, 0.2) is 5.84 Å². The average molecular weight is 439 g/mol. The number of ether oxygens (including phenoxy) is 1. The van der Waals surface area contributed by atoms with E-state index in [0.717, 1.165) is 16.9 Å². The number of benzene rings is 2. The summed E-state index contributed by atoms with van der Waals surface area (Å²) in [7, 11) is -2.39. The number of hydrazone groups is 1. The van der Waals surface area contributed by atoms with Crippen molar-refractivity contribution in [1.29, 1.82) is 0 Å². The fraction of sp³-hybridized carbons (Fsp3) is 0.143. The number of pyridine rings is 1. The standard InChI is InChI=1S/C21H22N6O3S/c1-14-6-11-18(23-12-14)17-4-3-5-19(31(22,28)29)20(17)21-24-26-27(25-21)13-15-7-9-16(30-2)10-8-15/h3-12,26H,13H2,1-2H3,(H,24,25)(H2,22,28,29). The normalized spacial score (nSPS) is 14.0. The molecule has 3 aromatic rings. The van der Waals surface area contributed by atoms with E-state index in [2.05, 4.69) is 21.0 Å². The molecule has 1 aliphatic rings. The highest BCUT2D eigenvalue weighted by Crippen LogP contribution is 2.28. The highest BCUT2D eigenvalue weighted by molar-refractivity contribution is 7.89. The monoisotopic (exact) mass is 438 g/mol. The van der Waals surface area contributed by atoms with Crippen molar-refractivity contribution in [1.82, 2.24) is 21.1 Å². The van der Waals surface area contributed by atoms with Crippen molar-refractivity contribution in [2.75, 3.05) is 7.11 Å². The first-order chi connectivity index (χ1) is 14.8. The molecule has 2 heterocycles. The zero-order valence-electron chi connectivity index (χ0n) is 17.0. The highest BCUT2D eigenvalue weighted by Gasteiger charge is 2.26. The van der Waals surface area contributed by atoms with Crippen molar-refractivity contribution in [2.24, 2.45) is 10.2 Å². The van der Waals surface area contributed by atoms with Crippen molar-refractivity contribution < 1.29 is 13.2 Å². The van der Waals surface area contributed by atoms with E-state index in [1.165, 1.54) is 6.07 Å². The lowest BCUT2D eigenvalue weighted by Crippen LogP contribution is -2.41. The third-order valence-electron chi connectivity index (χ3n) is 4.78. The number of primary sulfonamides is 1. The summed E-state index contributed by atoms with van der Waals surface area (Å²) in [5.74, 6) is 1.09. The van der Waals surface area contributed by atoms with Gasteiger partial charge >= 0.3 is 0 Å². The summed E-state index contributed by atoms with van der Waals surface area (Å²) in [5.41, 5.74) is 9.55. The molecule has 10 heteroatoms. The Morgan fingerprint density at radius 3 is 2.52 bits per heavy atom. The minimum atomic E-state index is -4.00. The molecule has 0 bridgehead atoms. The number of aromatic nitrogens is 1. The van der Waals surface area contributed by atoms with Gasteiger partial charge in [-0.1, -0.05) is 30.3 Å². The first-order valence-electron chi connectivity index (χ1n) is 9.45. The van der Waals surface area contributed by atoms with E-state index in [0.29, 0.717) is 29.2 Å². The zero-order valence-corrected chi connectivity index (χ0v) is 17.8. The highest BCUT2D eigenvalue weighted by atomic mass is 32.2. The molecule has 0 spiro atoms. The van der Waals surface area contributed by atoms with Crippen LogP contribution in [0, 0.1) is 6.92 Å². The van der Waals surface area contributed by atoms with Crippen molar-refractivity contribution >= 4 is 15.9 Å². The summed E-state index contributed by atoms with van der Waals surface area (Å²) in [5, 5.41) is 11.5. The van der Waals surface area contributed by atoms with Crippen molar-refractivity contribution in [3.05, 3.63) is 77.5 Å². The van der Waals surface area contributed by atoms with E-state index in [1.54, 1.807) is 30.6 Å². The molecular formula is C21H22N6O3S. The van der Waals surface area contributed by atoms with E-state index >= 15 is 0 Å². The van der Waals surface area contributed by atoms with Crippen LogP contribution in [0.3, 0.4) is 0 Å². The quantitative estimate of drug-likeness (QED) is 0.537. The largest absolute Gasteiger partial charge is 0.497 e. The molecule has 1 aliphatic heterocycles. The van der Waals surface area contributed by atoms with Gasteiger partial charge in [0, 0.05) is 17.3 Å². The molecule has 4 N–H and O–H groups in total. The number of hydrogen-bond acceptors (Lipinski definition) is 8. The molecule has 0 saturated heterocycles. The predicted octanol–water partition coefficient (Wildman–Crippen LogP) is 1.90. The van der Waals surface area contributed by atoms with Gasteiger partial charge in [0.1, 0.15) is 5.75 Å². The van der Waals surface area contributed by atoms with Crippen LogP contribution in [-0.2, 0) is 16.6 Å². The lowest BCUT2D eigenvalue weighted by molar-refractivity contribution is 0.170. The number of hydrogen-bond donors (Lipinski definition) is 3. The Morgan fingerprint density at radius 1 is 1.10 bits per heavy atom. The first kappa shape index (κ1) is 20.8. The first-order valence-corrected chi connectivity index (χ1v) is 11.0. The van der Waals surface area contributed by atoms with Crippen molar-refractivity contribution in [3.8, 4) is 17.0 Å². The lowest BCUT2D eigenvalue weighted by atomic mass is 10.0. The van der Waals surface area contributed by atoms with E-state index in [9.17, 15) is 8.42 Å².